The van der Waals surface area contributed by atoms with Crippen LogP contribution in [0.4, 0.5) is 30.2 Å². The quantitative estimate of drug-likeness (QED) is 0.263. The van der Waals surface area contributed by atoms with Gasteiger partial charge < -0.3 is 21.3 Å². The van der Waals surface area contributed by atoms with Gasteiger partial charge in [0.1, 0.15) is 6.04 Å². The number of alkyl halides is 3. The predicted octanol–water partition coefficient (Wildman–Crippen LogP) is 5.26. The smallest absolute Gasteiger partial charge is 0.397 e. The van der Waals surface area contributed by atoms with E-state index in [4.69, 9.17) is 5.73 Å². The lowest BCUT2D eigenvalue weighted by Gasteiger charge is -2.28. The minimum Gasteiger partial charge on any atom is -0.397 e. The van der Waals surface area contributed by atoms with Crippen molar-refractivity contribution in [2.75, 3.05) is 43.6 Å². The molecule has 0 bridgehead atoms. The number of nitrogens with two attached hydrogens (primary N) is 1. The van der Waals surface area contributed by atoms with Crippen molar-refractivity contribution in [3.8, 4) is 0 Å². The van der Waals surface area contributed by atoms with Gasteiger partial charge in [-0.25, -0.2) is 0 Å². The highest BCUT2D eigenvalue weighted by molar-refractivity contribution is 6.03. The van der Waals surface area contributed by atoms with E-state index in [0.717, 1.165) is 29.7 Å². The lowest BCUT2D eigenvalue weighted by Crippen LogP contribution is -2.38. The van der Waals surface area contributed by atoms with Crippen LogP contribution in [0.15, 0.2) is 78.9 Å². The van der Waals surface area contributed by atoms with Gasteiger partial charge >= 0.3 is 6.18 Å². The fourth-order valence-electron chi connectivity index (χ4n) is 4.65. The lowest BCUT2D eigenvalue weighted by atomic mass is 10.0. The molecule has 1 saturated heterocycles. The number of hydrogen-bond donors (Lipinski definition) is 3. The topological polar surface area (TPSA) is 90.7 Å². The normalized spacial score (nSPS) is 16.8. The van der Waals surface area contributed by atoms with Crippen molar-refractivity contribution >= 4 is 35.0 Å². The summed E-state index contributed by atoms with van der Waals surface area (Å²) in [4.78, 5) is 30.0. The molecule has 0 saturated carbocycles. The van der Waals surface area contributed by atoms with Crippen LogP contribution >= 0.6 is 0 Å². The Bertz CT molecular complexity index is 1360. The van der Waals surface area contributed by atoms with Crippen molar-refractivity contribution < 1.29 is 22.8 Å². The first kappa shape index (κ1) is 28.8. The summed E-state index contributed by atoms with van der Waals surface area (Å²) in [5, 5.41) is 5.52. The summed E-state index contributed by atoms with van der Waals surface area (Å²) in [7, 11) is 3.99. The molecule has 4 rings (SSSR count). The number of hydrogen-bond acceptors (Lipinski definition) is 5. The standard InChI is InChI=1S/C30H32F3N5O2/c1-37(2)24-17-18-38(19-24)28(29(40)35-23-14-12-22(13-15-23)30(31,32)33)21-10-7-20(8-11-21)9-16-27(39)36-26-6-4-3-5-25(26)34/h3-16,24,28H,17-19,34H2,1-2H3,(H,35,40)(H,36,39)/b16-9+/t24-,28?/m1/s1. The van der Waals surface area contributed by atoms with Crippen molar-refractivity contribution in [3.63, 3.8) is 0 Å². The maximum Gasteiger partial charge on any atom is 0.416 e. The van der Waals surface area contributed by atoms with Crippen LogP contribution < -0.4 is 16.4 Å². The molecule has 0 radical (unpaired) electrons. The molecule has 10 heteroatoms. The first-order valence-electron chi connectivity index (χ1n) is 12.8. The number of benzene rings is 3. The molecule has 2 amide bonds. The number of nitrogens with one attached hydrogen (secondary N) is 2. The molecule has 0 aliphatic carbocycles. The van der Waals surface area contributed by atoms with Gasteiger partial charge in [0.2, 0.25) is 11.8 Å². The van der Waals surface area contributed by atoms with E-state index >= 15 is 0 Å². The van der Waals surface area contributed by atoms with E-state index in [2.05, 4.69) is 20.4 Å². The Balaban J connectivity index is 1.50. The average Bonchev–Trinajstić information content (AvgIpc) is 3.40. The maximum absolute atomic E-state index is 13.5. The van der Waals surface area contributed by atoms with Crippen LogP contribution in [0.25, 0.3) is 6.08 Å². The molecule has 2 atom stereocenters. The highest BCUT2D eigenvalue weighted by atomic mass is 19.4. The number of carbonyl (C=O) groups is 2. The third kappa shape index (κ3) is 7.28. The van der Waals surface area contributed by atoms with Crippen molar-refractivity contribution in [1.82, 2.24) is 9.80 Å². The van der Waals surface area contributed by atoms with Crippen LogP contribution in [0.1, 0.15) is 29.2 Å². The number of amides is 2. The van der Waals surface area contributed by atoms with Gasteiger partial charge in [-0.05, 0) is 74.1 Å². The summed E-state index contributed by atoms with van der Waals surface area (Å²) >= 11 is 0. The Morgan fingerprint density at radius 2 is 1.68 bits per heavy atom. The largest absolute Gasteiger partial charge is 0.416 e. The summed E-state index contributed by atoms with van der Waals surface area (Å²) < 4.78 is 38.9. The number of rotatable bonds is 8. The van der Waals surface area contributed by atoms with Gasteiger partial charge in [0, 0.05) is 30.9 Å². The van der Waals surface area contributed by atoms with Gasteiger partial charge in [-0.2, -0.15) is 13.2 Å². The van der Waals surface area contributed by atoms with E-state index in [-0.39, 0.29) is 23.5 Å². The van der Waals surface area contributed by atoms with Crippen molar-refractivity contribution in [1.29, 1.82) is 0 Å². The van der Waals surface area contributed by atoms with Crippen molar-refractivity contribution in [2.45, 2.75) is 24.7 Å². The maximum atomic E-state index is 13.5. The predicted molar refractivity (Wildman–Crippen MR) is 151 cm³/mol. The SMILES string of the molecule is CN(C)[C@@H]1CCN(C(C(=O)Nc2ccc(C(F)(F)F)cc2)c2ccc(/C=C/C(=O)Nc3ccccc3N)cc2)C1. The minimum absolute atomic E-state index is 0.278. The second kappa shape index (κ2) is 12.4. The van der Waals surface area contributed by atoms with Crippen LogP contribution in [-0.2, 0) is 15.8 Å². The molecule has 0 aromatic heterocycles. The fourth-order valence-corrected chi connectivity index (χ4v) is 4.65. The number of para-hydroxylation sites is 2. The lowest BCUT2D eigenvalue weighted by molar-refractivity contribution is -0.137. The van der Waals surface area contributed by atoms with Gasteiger partial charge in [-0.1, -0.05) is 36.4 Å². The summed E-state index contributed by atoms with van der Waals surface area (Å²) in [6.07, 6.45) is -0.502. The molecule has 1 heterocycles. The number of likely N-dealkylation sites (N-methyl/N-ethyl adjacent to an activating group) is 1. The number of carbonyl (C=O) groups excluding carboxylic acids is 2. The number of halogens is 3. The molecular weight excluding hydrogens is 519 g/mol. The summed E-state index contributed by atoms with van der Waals surface area (Å²) in [6, 6.07) is 18.3. The molecular formula is C30H32F3N5O2. The summed E-state index contributed by atoms with van der Waals surface area (Å²) in [6.45, 7) is 1.36. The Kier molecular flexibility index (Phi) is 8.91. The molecule has 0 spiro atoms. The zero-order chi connectivity index (χ0) is 28.9. The molecule has 3 aromatic rings. The second-order valence-electron chi connectivity index (χ2n) is 9.94. The number of nitrogens with zero attached hydrogens (tertiary/aromatic N) is 2. The first-order valence-corrected chi connectivity index (χ1v) is 12.8. The third-order valence-corrected chi connectivity index (χ3v) is 6.92. The van der Waals surface area contributed by atoms with Crippen LogP contribution in [-0.4, -0.2) is 54.8 Å². The van der Waals surface area contributed by atoms with E-state index < -0.39 is 17.8 Å². The average molecular weight is 552 g/mol. The van der Waals surface area contributed by atoms with E-state index in [1.54, 1.807) is 30.3 Å². The fraction of sp³-hybridized carbons (Fsp3) is 0.267. The molecule has 1 fully saturated rings. The summed E-state index contributed by atoms with van der Waals surface area (Å²) in [5.41, 5.74) is 7.87. The van der Waals surface area contributed by atoms with Crippen LogP contribution in [0.5, 0.6) is 0 Å². The van der Waals surface area contributed by atoms with Crippen LogP contribution in [0.2, 0.25) is 0 Å². The van der Waals surface area contributed by atoms with Gasteiger partial charge in [-0.3, -0.25) is 14.5 Å². The van der Waals surface area contributed by atoms with Crippen LogP contribution in [0.3, 0.4) is 0 Å². The molecule has 1 unspecified atom stereocenters. The van der Waals surface area contributed by atoms with Gasteiger partial charge in [0.25, 0.3) is 0 Å². The Hall–Kier alpha value is -4.15. The number of likely N-dealkylation sites (tertiary alicyclic amines) is 1. The van der Waals surface area contributed by atoms with E-state index in [1.165, 1.54) is 18.2 Å². The molecule has 210 valence electrons. The molecule has 1 aliphatic rings. The first-order chi connectivity index (χ1) is 19.0. The number of anilines is 3. The highest BCUT2D eigenvalue weighted by Crippen LogP contribution is 2.31. The Labute approximate surface area is 231 Å². The van der Waals surface area contributed by atoms with Gasteiger partial charge in [-0.15, -0.1) is 0 Å². The van der Waals surface area contributed by atoms with E-state index in [0.29, 0.717) is 24.5 Å². The van der Waals surface area contributed by atoms with Gasteiger partial charge in [0.05, 0.1) is 16.9 Å². The second-order valence-corrected chi connectivity index (χ2v) is 9.94. The van der Waals surface area contributed by atoms with E-state index in [9.17, 15) is 22.8 Å². The summed E-state index contributed by atoms with van der Waals surface area (Å²) in [5.74, 6) is -0.662. The Morgan fingerprint density at radius 1 is 1.00 bits per heavy atom. The monoisotopic (exact) mass is 551 g/mol. The van der Waals surface area contributed by atoms with Crippen molar-refractivity contribution in [3.05, 3.63) is 95.6 Å². The zero-order valence-electron chi connectivity index (χ0n) is 22.3. The molecule has 1 aliphatic heterocycles. The van der Waals surface area contributed by atoms with Crippen molar-refractivity contribution in [2.24, 2.45) is 0 Å². The third-order valence-electron chi connectivity index (χ3n) is 6.92. The molecule has 7 nitrogen and oxygen atoms in total. The van der Waals surface area contributed by atoms with E-state index in [1.807, 2.05) is 38.4 Å². The highest BCUT2D eigenvalue weighted by Gasteiger charge is 2.35. The van der Waals surface area contributed by atoms with Gasteiger partial charge in [0.15, 0.2) is 0 Å². The molecule has 4 N–H and O–H groups in total. The Morgan fingerprint density at radius 3 is 2.27 bits per heavy atom. The zero-order valence-corrected chi connectivity index (χ0v) is 22.3. The number of nitrogen functional groups attached to an aromatic ring is 1. The van der Waals surface area contributed by atoms with Crippen LogP contribution in [0, 0.1) is 0 Å². The molecule has 40 heavy (non-hydrogen) atoms. The minimum atomic E-state index is -4.45. The molecule has 3 aromatic carbocycles.